The number of amides is 1. The van der Waals surface area contributed by atoms with Gasteiger partial charge in [-0.15, -0.1) is 0 Å². The van der Waals surface area contributed by atoms with Crippen LogP contribution in [0.4, 0.5) is 4.39 Å². The molecule has 1 rings (SSSR count). The summed E-state index contributed by atoms with van der Waals surface area (Å²) in [5.41, 5.74) is 0.449. The highest BCUT2D eigenvalue weighted by Crippen LogP contribution is 2.13. The molecule has 0 aliphatic carbocycles. The maximum absolute atomic E-state index is 12.9. The first-order valence-corrected chi connectivity index (χ1v) is 7.49. The Morgan fingerprint density at radius 2 is 1.82 bits per heavy atom. The molecule has 122 valence electrons. The zero-order valence-electron chi connectivity index (χ0n) is 13.7. The molecule has 4 nitrogen and oxygen atoms in total. The van der Waals surface area contributed by atoms with Crippen LogP contribution >= 0.6 is 0 Å². The van der Waals surface area contributed by atoms with Crippen LogP contribution in [-0.4, -0.2) is 23.8 Å². The number of hydrogen-bond donors (Lipinski definition) is 2. The summed E-state index contributed by atoms with van der Waals surface area (Å²) in [4.78, 5) is 23.0. The summed E-state index contributed by atoms with van der Waals surface area (Å²) in [5.74, 6) is -0.304. The Morgan fingerprint density at radius 3 is 2.36 bits per heavy atom. The predicted octanol–water partition coefficient (Wildman–Crippen LogP) is 2.74. The monoisotopic (exact) mass is 308 g/mol. The summed E-state index contributed by atoms with van der Waals surface area (Å²) in [6, 6.07) is 6.33. The van der Waals surface area contributed by atoms with Crippen LogP contribution in [0.5, 0.6) is 0 Å². The van der Waals surface area contributed by atoms with E-state index in [4.69, 9.17) is 0 Å². The van der Waals surface area contributed by atoms with E-state index < -0.39 is 5.54 Å². The number of Topliss-reactive ketones (excluding diaryl/α,β-unsaturated/α-hetero) is 1. The summed E-state index contributed by atoms with van der Waals surface area (Å²) in [7, 11) is 0. The van der Waals surface area contributed by atoms with Crippen molar-refractivity contribution in [3.8, 4) is 0 Å². The van der Waals surface area contributed by atoms with Gasteiger partial charge in [0, 0.05) is 31.0 Å². The number of carbonyl (C=O) groups is 2. The number of rotatable bonds is 8. The number of nitrogens with one attached hydrogen (secondary N) is 2. The number of halogens is 1. The Balaban J connectivity index is 2.35. The molecule has 0 spiro atoms. The summed E-state index contributed by atoms with van der Waals surface area (Å²) in [6.07, 6.45) is 0.644. The molecular formula is C17H25FN2O2. The maximum Gasteiger partial charge on any atom is 0.221 e. The van der Waals surface area contributed by atoms with Gasteiger partial charge < -0.3 is 10.6 Å². The van der Waals surface area contributed by atoms with Gasteiger partial charge in [0.2, 0.25) is 5.91 Å². The van der Waals surface area contributed by atoms with Crippen molar-refractivity contribution in [3.63, 3.8) is 0 Å². The molecule has 0 bridgehead atoms. The molecule has 22 heavy (non-hydrogen) atoms. The standard InChI is InChI=1S/C17H25FN2O2/c1-12(21)11-17(3,4)20-16(22)9-10-19-13(2)14-5-7-15(18)8-6-14/h5-8,13,19H,9-11H2,1-4H3,(H,20,22)/t13-/m0/s1. The maximum atomic E-state index is 12.9. The first-order valence-electron chi connectivity index (χ1n) is 7.49. The molecule has 0 radical (unpaired) electrons. The second kappa shape index (κ2) is 8.03. The van der Waals surface area contributed by atoms with Crippen molar-refractivity contribution in [1.82, 2.24) is 10.6 Å². The Morgan fingerprint density at radius 1 is 1.23 bits per heavy atom. The highest BCUT2D eigenvalue weighted by molar-refractivity contribution is 5.80. The third-order valence-electron chi connectivity index (χ3n) is 3.34. The van der Waals surface area contributed by atoms with Gasteiger partial charge in [0.15, 0.2) is 0 Å². The average molecular weight is 308 g/mol. The van der Waals surface area contributed by atoms with Gasteiger partial charge in [0.25, 0.3) is 0 Å². The summed E-state index contributed by atoms with van der Waals surface area (Å²) >= 11 is 0. The molecule has 0 aliphatic heterocycles. The Labute approximate surface area is 131 Å². The first-order chi connectivity index (χ1) is 10.2. The van der Waals surface area contributed by atoms with Crippen LogP contribution in [0.15, 0.2) is 24.3 Å². The van der Waals surface area contributed by atoms with E-state index in [0.29, 0.717) is 19.4 Å². The van der Waals surface area contributed by atoms with Crippen molar-refractivity contribution in [1.29, 1.82) is 0 Å². The van der Waals surface area contributed by atoms with E-state index >= 15 is 0 Å². The lowest BCUT2D eigenvalue weighted by atomic mass is 9.98. The number of benzene rings is 1. The van der Waals surface area contributed by atoms with Crippen LogP contribution in [0.1, 0.15) is 52.1 Å². The van der Waals surface area contributed by atoms with Crippen LogP contribution in [0, 0.1) is 5.82 Å². The van der Waals surface area contributed by atoms with Gasteiger partial charge in [-0.2, -0.15) is 0 Å². The van der Waals surface area contributed by atoms with Crippen LogP contribution in [0.3, 0.4) is 0 Å². The molecule has 0 aromatic heterocycles. The zero-order valence-corrected chi connectivity index (χ0v) is 13.7. The van der Waals surface area contributed by atoms with Crippen LogP contribution < -0.4 is 10.6 Å². The minimum atomic E-state index is -0.522. The number of carbonyl (C=O) groups excluding carboxylic acids is 2. The van der Waals surface area contributed by atoms with Gasteiger partial charge in [-0.25, -0.2) is 4.39 Å². The fourth-order valence-electron chi connectivity index (χ4n) is 2.38. The van der Waals surface area contributed by atoms with E-state index in [1.54, 1.807) is 12.1 Å². The van der Waals surface area contributed by atoms with Crippen molar-refractivity contribution in [2.75, 3.05) is 6.54 Å². The van der Waals surface area contributed by atoms with Crippen molar-refractivity contribution >= 4 is 11.7 Å². The molecule has 5 heteroatoms. The molecule has 1 aromatic rings. The van der Waals surface area contributed by atoms with E-state index in [0.717, 1.165) is 5.56 Å². The Kier molecular flexibility index (Phi) is 6.68. The zero-order chi connectivity index (χ0) is 16.8. The van der Waals surface area contributed by atoms with Gasteiger partial charge in [-0.1, -0.05) is 12.1 Å². The lowest BCUT2D eigenvalue weighted by molar-refractivity contribution is -0.123. The third kappa shape index (κ3) is 6.80. The van der Waals surface area contributed by atoms with E-state index in [1.807, 2.05) is 20.8 Å². The molecule has 2 N–H and O–H groups in total. The van der Waals surface area contributed by atoms with E-state index in [2.05, 4.69) is 10.6 Å². The van der Waals surface area contributed by atoms with Crippen molar-refractivity contribution in [2.45, 2.75) is 52.1 Å². The van der Waals surface area contributed by atoms with E-state index in [-0.39, 0.29) is 23.5 Å². The largest absolute Gasteiger partial charge is 0.351 e. The van der Waals surface area contributed by atoms with E-state index in [1.165, 1.54) is 19.1 Å². The predicted molar refractivity (Wildman–Crippen MR) is 85.0 cm³/mol. The molecule has 0 aliphatic rings. The summed E-state index contributed by atoms with van der Waals surface area (Å²) < 4.78 is 12.9. The molecule has 0 saturated carbocycles. The minimum absolute atomic E-state index is 0.0404. The SMILES string of the molecule is CC(=O)CC(C)(C)NC(=O)CCN[C@@H](C)c1ccc(F)cc1. The molecule has 0 unspecified atom stereocenters. The minimum Gasteiger partial charge on any atom is -0.351 e. The summed E-state index contributed by atoms with van der Waals surface area (Å²) in [6.45, 7) is 7.66. The fourth-order valence-corrected chi connectivity index (χ4v) is 2.38. The molecule has 0 fully saturated rings. The van der Waals surface area contributed by atoms with Crippen molar-refractivity contribution in [2.24, 2.45) is 0 Å². The van der Waals surface area contributed by atoms with Gasteiger partial charge in [-0.05, 0) is 45.4 Å². The van der Waals surface area contributed by atoms with Gasteiger partial charge in [0.05, 0.1) is 0 Å². The fraction of sp³-hybridized carbons (Fsp3) is 0.529. The second-order valence-electron chi connectivity index (χ2n) is 6.29. The highest BCUT2D eigenvalue weighted by atomic mass is 19.1. The smallest absolute Gasteiger partial charge is 0.221 e. The Hall–Kier alpha value is -1.75. The lowest BCUT2D eigenvalue weighted by Crippen LogP contribution is -2.45. The average Bonchev–Trinajstić information content (AvgIpc) is 2.36. The molecule has 1 atom stereocenters. The van der Waals surface area contributed by atoms with Gasteiger partial charge in [0.1, 0.15) is 11.6 Å². The van der Waals surface area contributed by atoms with Crippen LogP contribution in [0.25, 0.3) is 0 Å². The lowest BCUT2D eigenvalue weighted by Gasteiger charge is -2.25. The quantitative estimate of drug-likeness (QED) is 0.776. The van der Waals surface area contributed by atoms with Crippen LogP contribution in [0.2, 0.25) is 0 Å². The molecule has 0 heterocycles. The van der Waals surface area contributed by atoms with Gasteiger partial charge in [-0.3, -0.25) is 9.59 Å². The highest BCUT2D eigenvalue weighted by Gasteiger charge is 2.21. The van der Waals surface area contributed by atoms with Crippen molar-refractivity contribution < 1.29 is 14.0 Å². The molecule has 1 amide bonds. The van der Waals surface area contributed by atoms with E-state index in [9.17, 15) is 14.0 Å². The third-order valence-corrected chi connectivity index (χ3v) is 3.34. The summed E-state index contributed by atoms with van der Waals surface area (Å²) in [5, 5.41) is 6.08. The Bertz CT molecular complexity index is 512. The second-order valence-corrected chi connectivity index (χ2v) is 6.29. The van der Waals surface area contributed by atoms with Gasteiger partial charge >= 0.3 is 0 Å². The number of hydrogen-bond acceptors (Lipinski definition) is 3. The molecular weight excluding hydrogens is 283 g/mol. The molecule has 0 saturated heterocycles. The topological polar surface area (TPSA) is 58.2 Å². The van der Waals surface area contributed by atoms with Crippen LogP contribution in [-0.2, 0) is 9.59 Å². The number of ketones is 1. The first kappa shape index (κ1) is 18.3. The normalized spacial score (nSPS) is 12.8. The molecule has 1 aromatic carbocycles. The van der Waals surface area contributed by atoms with Crippen molar-refractivity contribution in [3.05, 3.63) is 35.6 Å².